The van der Waals surface area contributed by atoms with E-state index in [0.29, 0.717) is 23.5 Å². The lowest BCUT2D eigenvalue weighted by Crippen LogP contribution is -2.43. The predicted molar refractivity (Wildman–Crippen MR) is 120 cm³/mol. The molecule has 0 bridgehead atoms. The van der Waals surface area contributed by atoms with E-state index in [9.17, 15) is 9.90 Å². The fourth-order valence-electron chi connectivity index (χ4n) is 3.74. The number of methoxy groups -OCH3 is 2. The summed E-state index contributed by atoms with van der Waals surface area (Å²) in [7, 11) is 3.02. The van der Waals surface area contributed by atoms with Crippen LogP contribution >= 0.6 is 0 Å². The Morgan fingerprint density at radius 2 is 1.90 bits per heavy atom. The number of piperazine rings is 1. The summed E-state index contributed by atoms with van der Waals surface area (Å²) in [5.74, 6) is 0.443. The molecule has 1 fully saturated rings. The van der Waals surface area contributed by atoms with Gasteiger partial charge in [0.2, 0.25) is 0 Å². The highest BCUT2D eigenvalue weighted by Crippen LogP contribution is 2.39. The Kier molecular flexibility index (Phi) is 7.36. The van der Waals surface area contributed by atoms with Crippen molar-refractivity contribution in [2.45, 2.75) is 19.8 Å². The van der Waals surface area contributed by atoms with Crippen LogP contribution in [0.1, 0.15) is 34.8 Å². The number of hydrogen-bond acceptors (Lipinski definition) is 6. The van der Waals surface area contributed by atoms with Gasteiger partial charge in [-0.1, -0.05) is 31.6 Å². The number of ketones is 1. The molecule has 0 aliphatic carbocycles. The molecule has 0 saturated carbocycles. The van der Waals surface area contributed by atoms with Crippen LogP contribution in [0.4, 0.5) is 5.69 Å². The van der Waals surface area contributed by atoms with Gasteiger partial charge in [-0.25, -0.2) is 0 Å². The molecular formula is C24H30N2O4. The van der Waals surface area contributed by atoms with Crippen molar-refractivity contribution in [2.75, 3.05) is 45.3 Å². The molecule has 6 nitrogen and oxygen atoms in total. The van der Waals surface area contributed by atoms with Gasteiger partial charge in [-0.15, -0.1) is 0 Å². The number of ether oxygens (including phenoxy) is 2. The number of phenols is 1. The Morgan fingerprint density at radius 1 is 1.17 bits per heavy atom. The minimum Gasteiger partial charge on any atom is -0.507 e. The molecule has 1 saturated heterocycles. The first kappa shape index (κ1) is 21.7. The number of nitrogens with one attached hydrogen (secondary N) is 1. The third-order valence-corrected chi connectivity index (χ3v) is 5.29. The van der Waals surface area contributed by atoms with Crippen molar-refractivity contribution in [3.8, 4) is 17.2 Å². The summed E-state index contributed by atoms with van der Waals surface area (Å²) < 4.78 is 10.7. The topological polar surface area (TPSA) is 71.0 Å². The van der Waals surface area contributed by atoms with Gasteiger partial charge in [0.15, 0.2) is 5.78 Å². The predicted octanol–water partition coefficient (Wildman–Crippen LogP) is 3.67. The third-order valence-electron chi connectivity index (χ3n) is 5.29. The summed E-state index contributed by atoms with van der Waals surface area (Å²) in [6, 6.07) is 9.77. The number of aromatic hydroxyl groups is 1. The molecule has 3 rings (SSSR count). The second-order valence-electron chi connectivity index (χ2n) is 7.26. The molecule has 2 aromatic carbocycles. The molecule has 1 aliphatic heterocycles. The van der Waals surface area contributed by atoms with Crippen LogP contribution in [-0.2, 0) is 6.42 Å². The monoisotopic (exact) mass is 410 g/mol. The van der Waals surface area contributed by atoms with Gasteiger partial charge in [-0.2, -0.15) is 0 Å². The molecule has 0 spiro atoms. The van der Waals surface area contributed by atoms with Crippen molar-refractivity contribution >= 4 is 17.5 Å². The van der Waals surface area contributed by atoms with Crippen molar-refractivity contribution in [1.82, 2.24) is 5.32 Å². The van der Waals surface area contributed by atoms with Crippen molar-refractivity contribution in [2.24, 2.45) is 0 Å². The Bertz CT molecular complexity index is 918. The van der Waals surface area contributed by atoms with Crippen molar-refractivity contribution in [3.05, 3.63) is 53.1 Å². The van der Waals surface area contributed by atoms with E-state index in [1.807, 2.05) is 19.1 Å². The highest BCUT2D eigenvalue weighted by molar-refractivity contribution is 6.11. The van der Waals surface area contributed by atoms with Gasteiger partial charge in [0, 0.05) is 43.5 Å². The minimum atomic E-state index is -0.308. The molecular weight excluding hydrogens is 380 g/mol. The SMILES string of the molecule is CCCc1c(OC)cc(OC)c(C(=O)/C=C/c2cccc(N3CCNCC3)c2)c1O. The van der Waals surface area contributed by atoms with Gasteiger partial charge in [0.05, 0.1) is 14.2 Å². The lowest BCUT2D eigenvalue weighted by molar-refractivity contribution is 0.104. The summed E-state index contributed by atoms with van der Waals surface area (Å²) in [4.78, 5) is 15.3. The summed E-state index contributed by atoms with van der Waals surface area (Å²) in [5.41, 5.74) is 2.86. The first-order valence-electron chi connectivity index (χ1n) is 10.3. The zero-order valence-corrected chi connectivity index (χ0v) is 17.9. The number of phenolic OH excluding ortho intramolecular Hbond substituents is 1. The average Bonchev–Trinajstić information content (AvgIpc) is 2.79. The molecule has 1 aliphatic rings. The largest absolute Gasteiger partial charge is 0.507 e. The summed E-state index contributed by atoms with van der Waals surface area (Å²) in [5, 5.41) is 14.1. The molecule has 2 N–H and O–H groups in total. The molecule has 0 radical (unpaired) electrons. The third kappa shape index (κ3) is 4.76. The van der Waals surface area contributed by atoms with Gasteiger partial charge in [-0.05, 0) is 30.2 Å². The normalized spacial score (nSPS) is 14.2. The molecule has 0 aromatic heterocycles. The van der Waals surface area contributed by atoms with E-state index in [0.717, 1.165) is 43.9 Å². The van der Waals surface area contributed by atoms with E-state index in [1.54, 1.807) is 19.3 Å². The van der Waals surface area contributed by atoms with Gasteiger partial charge in [0.1, 0.15) is 22.8 Å². The zero-order valence-electron chi connectivity index (χ0n) is 17.9. The lowest BCUT2D eigenvalue weighted by atomic mass is 9.99. The maximum Gasteiger partial charge on any atom is 0.193 e. The fourth-order valence-corrected chi connectivity index (χ4v) is 3.74. The lowest BCUT2D eigenvalue weighted by Gasteiger charge is -2.29. The molecule has 30 heavy (non-hydrogen) atoms. The summed E-state index contributed by atoms with van der Waals surface area (Å²) in [6.07, 6.45) is 4.68. The van der Waals surface area contributed by atoms with Crippen LogP contribution in [0.25, 0.3) is 6.08 Å². The first-order chi connectivity index (χ1) is 14.6. The Hall–Kier alpha value is -2.99. The Balaban J connectivity index is 1.88. The van der Waals surface area contributed by atoms with E-state index >= 15 is 0 Å². The van der Waals surface area contributed by atoms with Gasteiger partial charge in [-0.3, -0.25) is 4.79 Å². The maximum atomic E-state index is 13.0. The van der Waals surface area contributed by atoms with Gasteiger partial charge >= 0.3 is 0 Å². The molecule has 0 unspecified atom stereocenters. The summed E-state index contributed by atoms with van der Waals surface area (Å²) >= 11 is 0. The van der Waals surface area contributed by atoms with E-state index in [4.69, 9.17) is 9.47 Å². The number of nitrogens with zero attached hydrogens (tertiary/aromatic N) is 1. The second-order valence-corrected chi connectivity index (χ2v) is 7.26. The van der Waals surface area contributed by atoms with Gasteiger partial charge < -0.3 is 24.8 Å². The Labute approximate surface area is 178 Å². The number of carbonyl (C=O) groups is 1. The van der Waals surface area contributed by atoms with Crippen LogP contribution in [0.15, 0.2) is 36.4 Å². The number of anilines is 1. The molecule has 2 aromatic rings. The Morgan fingerprint density at radius 3 is 2.57 bits per heavy atom. The number of allylic oxidation sites excluding steroid dienone is 1. The quantitative estimate of drug-likeness (QED) is 0.511. The first-order valence-corrected chi connectivity index (χ1v) is 10.3. The van der Waals surface area contributed by atoms with Crippen molar-refractivity contribution in [3.63, 3.8) is 0 Å². The number of rotatable bonds is 8. The van der Waals surface area contributed by atoms with Crippen molar-refractivity contribution in [1.29, 1.82) is 0 Å². The van der Waals surface area contributed by atoms with Crippen LogP contribution < -0.4 is 19.7 Å². The van der Waals surface area contributed by atoms with Crippen LogP contribution in [0.3, 0.4) is 0 Å². The average molecular weight is 411 g/mol. The van der Waals surface area contributed by atoms with Crippen LogP contribution in [-0.4, -0.2) is 51.3 Å². The highest BCUT2D eigenvalue weighted by atomic mass is 16.5. The van der Waals surface area contributed by atoms with E-state index < -0.39 is 0 Å². The van der Waals surface area contributed by atoms with Crippen LogP contribution in [0.2, 0.25) is 0 Å². The smallest absolute Gasteiger partial charge is 0.193 e. The van der Waals surface area contributed by atoms with E-state index in [1.165, 1.54) is 13.2 Å². The summed E-state index contributed by atoms with van der Waals surface area (Å²) in [6.45, 7) is 5.87. The minimum absolute atomic E-state index is 0.0720. The van der Waals surface area contributed by atoms with Gasteiger partial charge in [0.25, 0.3) is 0 Å². The maximum absolute atomic E-state index is 13.0. The molecule has 1 heterocycles. The highest BCUT2D eigenvalue weighted by Gasteiger charge is 2.22. The second kappa shape index (κ2) is 10.2. The number of carbonyl (C=O) groups excluding carboxylic acids is 1. The molecule has 160 valence electrons. The van der Waals surface area contributed by atoms with Crippen LogP contribution in [0, 0.1) is 0 Å². The number of benzene rings is 2. The fraction of sp³-hybridized carbons (Fsp3) is 0.375. The van der Waals surface area contributed by atoms with E-state index in [-0.39, 0.29) is 17.1 Å². The number of hydrogen-bond donors (Lipinski definition) is 2. The van der Waals surface area contributed by atoms with Crippen molar-refractivity contribution < 1.29 is 19.4 Å². The molecule has 6 heteroatoms. The van der Waals surface area contributed by atoms with E-state index in [2.05, 4.69) is 22.3 Å². The van der Waals surface area contributed by atoms with Crippen LogP contribution in [0.5, 0.6) is 17.2 Å². The molecule has 0 amide bonds. The standard InChI is InChI=1S/C24H30N2O4/c1-4-6-19-21(29-2)16-22(30-3)23(24(19)28)20(27)10-9-17-7-5-8-18(15-17)26-13-11-25-12-14-26/h5,7-10,15-16,25,28H,4,6,11-14H2,1-3H3/b10-9+. The molecule has 0 atom stereocenters. The zero-order chi connectivity index (χ0) is 21.5.